The van der Waals surface area contributed by atoms with Crippen molar-refractivity contribution in [2.24, 2.45) is 0 Å². The Morgan fingerprint density at radius 2 is 1.87 bits per heavy atom. The zero-order valence-corrected chi connectivity index (χ0v) is 13.0. The van der Waals surface area contributed by atoms with Gasteiger partial charge in [-0.25, -0.2) is 0 Å². The van der Waals surface area contributed by atoms with Crippen molar-refractivity contribution >= 4 is 16.8 Å². The van der Waals surface area contributed by atoms with Crippen LogP contribution in [0.15, 0.2) is 54.6 Å². The molecule has 23 heavy (non-hydrogen) atoms. The van der Waals surface area contributed by atoms with E-state index in [2.05, 4.69) is 23.5 Å². The maximum atomic E-state index is 12.6. The second-order valence-corrected chi connectivity index (χ2v) is 6.13. The topological polar surface area (TPSA) is 42.0 Å². The molecule has 1 aromatic heterocycles. The Morgan fingerprint density at radius 3 is 2.61 bits per heavy atom. The number of nitrogens with one attached hydrogen (secondary N) is 1. The minimum Gasteiger partial charge on any atom is -0.349 e. The lowest BCUT2D eigenvalue weighted by atomic mass is 9.98. The molecule has 3 aromatic rings. The number of carbonyl (C=O) groups excluding carboxylic acids is 1. The number of aromatic nitrogens is 1. The van der Waals surface area contributed by atoms with Crippen LogP contribution < -0.4 is 5.32 Å². The van der Waals surface area contributed by atoms with E-state index < -0.39 is 0 Å². The number of benzene rings is 2. The van der Waals surface area contributed by atoms with Crippen LogP contribution in [0.4, 0.5) is 0 Å². The summed E-state index contributed by atoms with van der Waals surface area (Å²) in [4.78, 5) is 17.3. The van der Waals surface area contributed by atoms with Gasteiger partial charge in [0.1, 0.15) is 0 Å². The molecule has 1 heterocycles. The molecule has 1 aliphatic carbocycles. The number of aryl methyl sites for hydroxylation is 1. The largest absolute Gasteiger partial charge is 0.349 e. The zero-order chi connectivity index (χ0) is 15.8. The highest BCUT2D eigenvalue weighted by Gasteiger charge is 2.25. The highest BCUT2D eigenvalue weighted by molar-refractivity contribution is 6.09. The summed E-state index contributed by atoms with van der Waals surface area (Å²) in [5.74, 6) is 0.00760. The van der Waals surface area contributed by atoms with Crippen LogP contribution in [0.5, 0.6) is 0 Å². The normalized spacial score (nSPS) is 14.0. The molecule has 1 fully saturated rings. The standard InChI is InChI=1S/C20H18N2O/c1-13-12-18(20(23)22-15-10-11-15)17-9-5-8-16(19(17)21-13)14-6-3-2-4-7-14/h2-9,12,15H,10-11H2,1H3,(H,22,23). The van der Waals surface area contributed by atoms with Gasteiger partial charge in [0.15, 0.2) is 0 Å². The molecule has 1 amide bonds. The molecular formula is C20H18N2O. The van der Waals surface area contributed by atoms with Crippen molar-refractivity contribution in [1.82, 2.24) is 10.3 Å². The van der Waals surface area contributed by atoms with Crippen molar-refractivity contribution < 1.29 is 4.79 Å². The third-order valence-electron chi connectivity index (χ3n) is 4.21. The summed E-state index contributed by atoms with van der Waals surface area (Å²) in [6, 6.07) is 18.5. The van der Waals surface area contributed by atoms with E-state index in [0.717, 1.165) is 46.1 Å². The molecule has 0 bridgehead atoms. The van der Waals surface area contributed by atoms with E-state index in [1.165, 1.54) is 0 Å². The predicted molar refractivity (Wildman–Crippen MR) is 92.4 cm³/mol. The van der Waals surface area contributed by atoms with Gasteiger partial charge >= 0.3 is 0 Å². The van der Waals surface area contributed by atoms with Gasteiger partial charge in [0.25, 0.3) is 5.91 Å². The van der Waals surface area contributed by atoms with Crippen molar-refractivity contribution in [3.05, 3.63) is 65.9 Å². The summed E-state index contributed by atoms with van der Waals surface area (Å²) in [5.41, 5.74) is 4.65. The quantitative estimate of drug-likeness (QED) is 0.791. The van der Waals surface area contributed by atoms with Gasteiger partial charge in [0.05, 0.1) is 11.1 Å². The fourth-order valence-electron chi connectivity index (χ4n) is 2.91. The summed E-state index contributed by atoms with van der Waals surface area (Å²) >= 11 is 0. The van der Waals surface area contributed by atoms with Crippen LogP contribution in [0.2, 0.25) is 0 Å². The van der Waals surface area contributed by atoms with E-state index in [9.17, 15) is 4.79 Å². The predicted octanol–water partition coefficient (Wildman–Crippen LogP) is 4.10. The summed E-state index contributed by atoms with van der Waals surface area (Å²) in [6.07, 6.45) is 2.17. The minimum absolute atomic E-state index is 0.00760. The molecule has 0 aliphatic heterocycles. The summed E-state index contributed by atoms with van der Waals surface area (Å²) < 4.78 is 0. The van der Waals surface area contributed by atoms with Crippen LogP contribution in [0.3, 0.4) is 0 Å². The van der Waals surface area contributed by atoms with Gasteiger partial charge in [-0.3, -0.25) is 9.78 Å². The Kier molecular flexibility index (Phi) is 3.34. The first kappa shape index (κ1) is 13.9. The van der Waals surface area contributed by atoms with Crippen LogP contribution >= 0.6 is 0 Å². The Labute approximate surface area is 135 Å². The average Bonchev–Trinajstić information content (AvgIpc) is 3.38. The molecule has 114 valence electrons. The second kappa shape index (κ2) is 5.51. The molecule has 0 radical (unpaired) electrons. The first-order valence-corrected chi connectivity index (χ1v) is 7.99. The van der Waals surface area contributed by atoms with Crippen molar-refractivity contribution in [2.45, 2.75) is 25.8 Å². The number of hydrogen-bond acceptors (Lipinski definition) is 2. The highest BCUT2D eigenvalue weighted by Crippen LogP contribution is 2.30. The van der Waals surface area contributed by atoms with Gasteiger partial charge in [0.2, 0.25) is 0 Å². The molecule has 1 N–H and O–H groups in total. The number of carbonyl (C=O) groups is 1. The molecule has 0 unspecified atom stereocenters. The highest BCUT2D eigenvalue weighted by atomic mass is 16.1. The van der Waals surface area contributed by atoms with Crippen LogP contribution in [0, 0.1) is 6.92 Å². The second-order valence-electron chi connectivity index (χ2n) is 6.13. The maximum absolute atomic E-state index is 12.6. The van der Waals surface area contributed by atoms with E-state index in [1.807, 2.05) is 43.3 Å². The molecule has 0 atom stereocenters. The van der Waals surface area contributed by atoms with Crippen molar-refractivity contribution in [3.63, 3.8) is 0 Å². The van der Waals surface area contributed by atoms with Crippen molar-refractivity contribution in [1.29, 1.82) is 0 Å². The summed E-state index contributed by atoms with van der Waals surface area (Å²) in [5, 5.41) is 3.99. The van der Waals surface area contributed by atoms with Crippen molar-refractivity contribution in [2.75, 3.05) is 0 Å². The minimum atomic E-state index is 0.00760. The van der Waals surface area contributed by atoms with E-state index in [4.69, 9.17) is 4.98 Å². The lowest BCUT2D eigenvalue weighted by Gasteiger charge is -2.11. The fourth-order valence-corrected chi connectivity index (χ4v) is 2.91. The van der Waals surface area contributed by atoms with E-state index in [1.54, 1.807) is 0 Å². The van der Waals surface area contributed by atoms with E-state index in [0.29, 0.717) is 6.04 Å². The summed E-state index contributed by atoms with van der Waals surface area (Å²) in [7, 11) is 0. The maximum Gasteiger partial charge on any atom is 0.252 e. The third-order valence-corrected chi connectivity index (χ3v) is 4.21. The van der Waals surface area contributed by atoms with Crippen molar-refractivity contribution in [3.8, 4) is 11.1 Å². The van der Waals surface area contributed by atoms with Gasteiger partial charge in [0, 0.05) is 22.7 Å². The number of hydrogen-bond donors (Lipinski definition) is 1. The van der Waals surface area contributed by atoms with Gasteiger partial charge in [-0.1, -0.05) is 48.5 Å². The molecule has 1 saturated carbocycles. The third kappa shape index (κ3) is 2.70. The van der Waals surface area contributed by atoms with Crippen LogP contribution in [-0.2, 0) is 0 Å². The smallest absolute Gasteiger partial charge is 0.252 e. The van der Waals surface area contributed by atoms with Gasteiger partial charge in [-0.05, 0) is 31.4 Å². The molecule has 3 nitrogen and oxygen atoms in total. The Morgan fingerprint density at radius 1 is 1.09 bits per heavy atom. The molecule has 0 spiro atoms. The Balaban J connectivity index is 1.90. The molecule has 2 aromatic carbocycles. The lowest BCUT2D eigenvalue weighted by molar-refractivity contribution is 0.0952. The Bertz CT molecular complexity index is 883. The molecule has 0 saturated heterocycles. The number of amides is 1. The van der Waals surface area contributed by atoms with E-state index in [-0.39, 0.29) is 5.91 Å². The number of fused-ring (bicyclic) bond motifs is 1. The molecule has 3 heteroatoms. The monoisotopic (exact) mass is 302 g/mol. The Hall–Kier alpha value is -2.68. The average molecular weight is 302 g/mol. The number of pyridine rings is 1. The van der Waals surface area contributed by atoms with Crippen LogP contribution in [-0.4, -0.2) is 16.9 Å². The first-order chi connectivity index (χ1) is 11.2. The lowest BCUT2D eigenvalue weighted by Crippen LogP contribution is -2.25. The SMILES string of the molecule is Cc1cc(C(=O)NC2CC2)c2cccc(-c3ccccc3)c2n1. The van der Waals surface area contributed by atoms with Gasteiger partial charge < -0.3 is 5.32 Å². The van der Waals surface area contributed by atoms with Gasteiger partial charge in [-0.2, -0.15) is 0 Å². The molecule has 1 aliphatic rings. The zero-order valence-electron chi connectivity index (χ0n) is 13.0. The molecular weight excluding hydrogens is 284 g/mol. The van der Waals surface area contributed by atoms with E-state index >= 15 is 0 Å². The number of nitrogens with zero attached hydrogens (tertiary/aromatic N) is 1. The van der Waals surface area contributed by atoms with Gasteiger partial charge in [-0.15, -0.1) is 0 Å². The van der Waals surface area contributed by atoms with Crippen LogP contribution in [0.1, 0.15) is 28.9 Å². The summed E-state index contributed by atoms with van der Waals surface area (Å²) in [6.45, 7) is 1.94. The molecule has 4 rings (SSSR count). The van der Waals surface area contributed by atoms with Crippen LogP contribution in [0.25, 0.3) is 22.0 Å². The number of rotatable bonds is 3. The first-order valence-electron chi connectivity index (χ1n) is 7.99. The fraction of sp³-hybridized carbons (Fsp3) is 0.200. The number of para-hydroxylation sites is 1.